The Morgan fingerprint density at radius 1 is 0.882 bits per heavy atom. The van der Waals surface area contributed by atoms with Gasteiger partial charge >= 0.3 is 0 Å². The van der Waals surface area contributed by atoms with Crippen LogP contribution in [0.4, 0.5) is 5.69 Å². The van der Waals surface area contributed by atoms with Crippen LogP contribution in [0.5, 0.6) is 11.5 Å². The number of sulfonamides is 1. The Morgan fingerprint density at radius 3 is 2.38 bits per heavy atom. The van der Waals surface area contributed by atoms with Crippen LogP contribution in [-0.2, 0) is 10.0 Å². The van der Waals surface area contributed by atoms with Crippen molar-refractivity contribution in [3.05, 3.63) is 71.5 Å². The quantitative estimate of drug-likeness (QED) is 0.465. The summed E-state index contributed by atoms with van der Waals surface area (Å²) in [4.78, 5) is 0.157. The molecule has 0 unspecified atom stereocenters. The van der Waals surface area contributed by atoms with E-state index >= 15 is 0 Å². The second kappa shape index (κ2) is 8.45. The number of anilines is 1. The Bertz CT molecular complexity index is 1480. The van der Waals surface area contributed by atoms with Crippen molar-refractivity contribution < 1.29 is 17.9 Å². The van der Waals surface area contributed by atoms with Gasteiger partial charge in [0.25, 0.3) is 10.0 Å². The van der Waals surface area contributed by atoms with Crippen LogP contribution in [0.15, 0.2) is 59.5 Å². The number of nitrogens with zero attached hydrogens (tertiary/aromatic N) is 4. The maximum absolute atomic E-state index is 13.2. The van der Waals surface area contributed by atoms with E-state index in [2.05, 4.69) is 20.0 Å². The van der Waals surface area contributed by atoms with Crippen molar-refractivity contribution in [1.82, 2.24) is 20.0 Å². The van der Waals surface area contributed by atoms with E-state index in [9.17, 15) is 8.42 Å². The molecule has 5 rings (SSSR count). The molecular weight excluding hydrogens is 454 g/mol. The minimum Gasteiger partial charge on any atom is -0.486 e. The number of hydrogen-bond acceptors (Lipinski definition) is 7. The zero-order valence-corrected chi connectivity index (χ0v) is 19.8. The summed E-state index contributed by atoms with van der Waals surface area (Å²) in [6, 6.07) is 15.7. The number of aryl methyl sites for hydroxylation is 3. The van der Waals surface area contributed by atoms with Crippen LogP contribution < -0.4 is 14.2 Å². The molecule has 0 bridgehead atoms. The monoisotopic (exact) mass is 477 g/mol. The Morgan fingerprint density at radius 2 is 1.68 bits per heavy atom. The molecule has 9 nitrogen and oxygen atoms in total. The van der Waals surface area contributed by atoms with E-state index in [0.29, 0.717) is 53.0 Å². The van der Waals surface area contributed by atoms with E-state index in [1.165, 1.54) is 0 Å². The average Bonchev–Trinajstić information content (AvgIpc) is 3.17. The maximum Gasteiger partial charge on any atom is 0.262 e. The molecule has 4 aromatic rings. The summed E-state index contributed by atoms with van der Waals surface area (Å²) >= 11 is 0. The van der Waals surface area contributed by atoms with E-state index in [0.717, 1.165) is 11.4 Å². The SMILES string of the molecule is Cc1cc(C)n(-c2ccc(-c3ccc(C)c(S(=O)(=O)Nc4ccc5c(c4)OCCO5)c3)nn2)n1. The summed E-state index contributed by atoms with van der Waals surface area (Å²) < 4.78 is 41.8. The third kappa shape index (κ3) is 4.19. The van der Waals surface area contributed by atoms with Gasteiger partial charge in [-0.25, -0.2) is 13.1 Å². The van der Waals surface area contributed by atoms with E-state index in [1.807, 2.05) is 32.0 Å². The molecule has 174 valence electrons. The van der Waals surface area contributed by atoms with E-state index < -0.39 is 10.0 Å². The molecule has 34 heavy (non-hydrogen) atoms. The molecule has 0 amide bonds. The van der Waals surface area contributed by atoms with Gasteiger partial charge in [0.05, 0.1) is 22.0 Å². The molecule has 1 N–H and O–H groups in total. The molecule has 0 radical (unpaired) electrons. The molecule has 1 aliphatic rings. The molecule has 0 spiro atoms. The summed E-state index contributed by atoms with van der Waals surface area (Å²) in [5.74, 6) is 1.69. The van der Waals surface area contributed by atoms with Crippen LogP contribution in [0.25, 0.3) is 17.1 Å². The Hall–Kier alpha value is -3.92. The Labute approximate surface area is 197 Å². The van der Waals surface area contributed by atoms with Crippen LogP contribution in [0.1, 0.15) is 17.0 Å². The summed E-state index contributed by atoms with van der Waals surface area (Å²) in [5, 5.41) is 13.0. The fourth-order valence-corrected chi connectivity index (χ4v) is 5.14. The third-order valence-corrected chi connectivity index (χ3v) is 6.97. The van der Waals surface area contributed by atoms with Crippen LogP contribution >= 0.6 is 0 Å². The Kier molecular flexibility index (Phi) is 5.45. The molecule has 2 aromatic carbocycles. The second-order valence-electron chi connectivity index (χ2n) is 8.06. The molecule has 0 saturated carbocycles. The van der Waals surface area contributed by atoms with Gasteiger partial charge in [0.1, 0.15) is 13.2 Å². The number of ether oxygens (including phenoxy) is 2. The molecule has 0 atom stereocenters. The van der Waals surface area contributed by atoms with E-state index in [4.69, 9.17) is 9.47 Å². The van der Waals surface area contributed by atoms with Gasteiger partial charge in [-0.3, -0.25) is 4.72 Å². The molecule has 2 aromatic heterocycles. The first-order chi connectivity index (χ1) is 16.3. The van der Waals surface area contributed by atoms with Gasteiger partial charge < -0.3 is 9.47 Å². The highest BCUT2D eigenvalue weighted by atomic mass is 32.2. The van der Waals surface area contributed by atoms with Crippen molar-refractivity contribution in [2.45, 2.75) is 25.7 Å². The summed E-state index contributed by atoms with van der Waals surface area (Å²) in [5.41, 5.74) is 4.04. The first kappa shape index (κ1) is 21.9. The van der Waals surface area contributed by atoms with Crippen LogP contribution in [0.3, 0.4) is 0 Å². The van der Waals surface area contributed by atoms with Crippen LogP contribution in [-0.4, -0.2) is 41.6 Å². The van der Waals surface area contributed by atoms with E-state index in [1.54, 1.807) is 48.0 Å². The molecule has 0 fully saturated rings. The second-order valence-corrected chi connectivity index (χ2v) is 9.71. The number of nitrogens with one attached hydrogen (secondary N) is 1. The largest absolute Gasteiger partial charge is 0.486 e. The van der Waals surface area contributed by atoms with Crippen molar-refractivity contribution >= 4 is 15.7 Å². The van der Waals surface area contributed by atoms with Crippen molar-refractivity contribution in [2.24, 2.45) is 0 Å². The number of benzene rings is 2. The first-order valence-electron chi connectivity index (χ1n) is 10.7. The zero-order valence-electron chi connectivity index (χ0n) is 18.9. The maximum atomic E-state index is 13.2. The highest BCUT2D eigenvalue weighted by molar-refractivity contribution is 7.92. The van der Waals surface area contributed by atoms with Gasteiger partial charge in [-0.05, 0) is 62.7 Å². The van der Waals surface area contributed by atoms with Crippen molar-refractivity contribution in [1.29, 1.82) is 0 Å². The highest BCUT2D eigenvalue weighted by Gasteiger charge is 2.20. The number of aromatic nitrogens is 4. The summed E-state index contributed by atoms with van der Waals surface area (Å²) in [7, 11) is -3.86. The van der Waals surface area contributed by atoms with Crippen molar-refractivity contribution in [3.63, 3.8) is 0 Å². The smallest absolute Gasteiger partial charge is 0.262 e. The predicted molar refractivity (Wildman–Crippen MR) is 127 cm³/mol. The van der Waals surface area contributed by atoms with Gasteiger partial charge in [0.15, 0.2) is 17.3 Å². The molecule has 10 heteroatoms. The normalized spacial score (nSPS) is 13.0. The van der Waals surface area contributed by atoms with E-state index in [-0.39, 0.29) is 4.90 Å². The number of hydrogen-bond donors (Lipinski definition) is 1. The minimum atomic E-state index is -3.86. The van der Waals surface area contributed by atoms with Crippen molar-refractivity contribution in [3.8, 4) is 28.6 Å². The van der Waals surface area contributed by atoms with Gasteiger partial charge in [-0.15, -0.1) is 10.2 Å². The molecular formula is C24H23N5O4S. The van der Waals surface area contributed by atoms with Gasteiger partial charge in [-0.1, -0.05) is 12.1 Å². The number of rotatable bonds is 5. The fraction of sp³-hybridized carbons (Fsp3) is 0.208. The molecule has 1 aliphatic heterocycles. The predicted octanol–water partition coefficient (Wildman–Crippen LogP) is 3.83. The topological polar surface area (TPSA) is 108 Å². The van der Waals surface area contributed by atoms with Gasteiger partial charge in [0, 0.05) is 17.3 Å². The summed E-state index contributed by atoms with van der Waals surface area (Å²) in [6.45, 7) is 6.50. The van der Waals surface area contributed by atoms with Gasteiger partial charge in [-0.2, -0.15) is 5.10 Å². The van der Waals surface area contributed by atoms with Crippen LogP contribution in [0, 0.1) is 20.8 Å². The lowest BCUT2D eigenvalue weighted by Gasteiger charge is -2.19. The van der Waals surface area contributed by atoms with Gasteiger partial charge in [0.2, 0.25) is 0 Å². The molecule has 3 heterocycles. The van der Waals surface area contributed by atoms with Crippen LogP contribution in [0.2, 0.25) is 0 Å². The van der Waals surface area contributed by atoms with Crippen molar-refractivity contribution in [2.75, 3.05) is 17.9 Å². The molecule has 0 aliphatic carbocycles. The fourth-order valence-electron chi connectivity index (χ4n) is 3.82. The third-order valence-electron chi connectivity index (χ3n) is 5.44. The number of fused-ring (bicyclic) bond motifs is 1. The highest BCUT2D eigenvalue weighted by Crippen LogP contribution is 2.34. The standard InChI is InChI=1S/C24H23N5O4S/c1-15-4-5-18(20-7-9-24(26-25-20)29-17(3)12-16(2)27-29)13-23(15)34(30,31)28-19-6-8-21-22(14-19)33-11-10-32-21/h4-9,12-14,28H,10-11H2,1-3H3. The lowest BCUT2D eigenvalue weighted by Crippen LogP contribution is -2.17. The zero-order chi connectivity index (χ0) is 23.9. The summed E-state index contributed by atoms with van der Waals surface area (Å²) in [6.07, 6.45) is 0. The first-order valence-corrected chi connectivity index (χ1v) is 12.2. The average molecular weight is 478 g/mol. The minimum absolute atomic E-state index is 0.157. The lowest BCUT2D eigenvalue weighted by atomic mass is 10.1. The Balaban J connectivity index is 1.43. The molecule has 0 saturated heterocycles. The lowest BCUT2D eigenvalue weighted by molar-refractivity contribution is 0.171.